The zero-order valence-corrected chi connectivity index (χ0v) is 13.6. The fourth-order valence-corrected chi connectivity index (χ4v) is 2.88. The zero-order valence-electron chi connectivity index (χ0n) is 12.0. The van der Waals surface area contributed by atoms with Crippen LogP contribution in [0.4, 0.5) is 0 Å². The Labute approximate surface area is 130 Å². The van der Waals surface area contributed by atoms with E-state index >= 15 is 0 Å². The predicted octanol–water partition coefficient (Wildman–Crippen LogP) is 3.59. The molecular formula is C16H18ClNO2S. The number of benzene rings is 2. The van der Waals surface area contributed by atoms with E-state index in [9.17, 15) is 8.42 Å². The van der Waals surface area contributed by atoms with E-state index in [1.165, 1.54) is 6.26 Å². The first kappa shape index (κ1) is 16.0. The van der Waals surface area contributed by atoms with E-state index < -0.39 is 9.84 Å². The molecule has 0 aliphatic heterocycles. The molecule has 0 fully saturated rings. The Kier molecular flexibility index (Phi) is 5.04. The van der Waals surface area contributed by atoms with Crippen molar-refractivity contribution in [2.24, 2.45) is 0 Å². The minimum absolute atomic E-state index is 0.123. The van der Waals surface area contributed by atoms with Crippen LogP contribution in [-0.2, 0) is 16.4 Å². The summed E-state index contributed by atoms with van der Waals surface area (Å²) in [5.74, 6) is 0. The van der Waals surface area contributed by atoms with Crippen LogP contribution in [0.2, 0.25) is 5.02 Å². The van der Waals surface area contributed by atoms with Gasteiger partial charge in [-0.05, 0) is 42.3 Å². The molecule has 0 aliphatic rings. The van der Waals surface area contributed by atoms with Crippen molar-refractivity contribution in [3.05, 3.63) is 64.7 Å². The normalized spacial score (nSPS) is 13.1. The Morgan fingerprint density at radius 2 is 1.81 bits per heavy atom. The molecule has 3 nitrogen and oxygen atoms in total. The van der Waals surface area contributed by atoms with Crippen molar-refractivity contribution in [1.82, 2.24) is 5.32 Å². The lowest BCUT2D eigenvalue weighted by Gasteiger charge is -2.15. The maximum atomic E-state index is 11.4. The second kappa shape index (κ2) is 6.60. The highest BCUT2D eigenvalue weighted by molar-refractivity contribution is 7.90. The lowest BCUT2D eigenvalue weighted by Crippen LogP contribution is -2.18. The molecule has 0 saturated carbocycles. The minimum atomic E-state index is -3.14. The topological polar surface area (TPSA) is 46.2 Å². The van der Waals surface area contributed by atoms with Crippen molar-refractivity contribution in [1.29, 1.82) is 0 Å². The third-order valence-corrected chi connectivity index (χ3v) is 4.67. The fraction of sp³-hybridized carbons (Fsp3) is 0.250. The molecule has 0 spiro atoms. The summed E-state index contributed by atoms with van der Waals surface area (Å²) in [6.07, 6.45) is 1.21. The second-order valence-corrected chi connectivity index (χ2v) is 7.53. The number of sulfone groups is 1. The Morgan fingerprint density at radius 3 is 2.38 bits per heavy atom. The Bertz CT molecular complexity index is 711. The molecule has 1 atom stereocenters. The molecule has 2 rings (SSSR count). The van der Waals surface area contributed by atoms with Gasteiger partial charge in [-0.2, -0.15) is 0 Å². The van der Waals surface area contributed by atoms with E-state index in [-0.39, 0.29) is 6.04 Å². The van der Waals surface area contributed by atoms with Crippen LogP contribution in [-0.4, -0.2) is 14.7 Å². The molecular weight excluding hydrogens is 306 g/mol. The number of nitrogens with one attached hydrogen (secondary N) is 1. The molecule has 0 radical (unpaired) electrons. The van der Waals surface area contributed by atoms with Crippen molar-refractivity contribution < 1.29 is 8.42 Å². The molecule has 2 aromatic rings. The fourth-order valence-electron chi connectivity index (χ4n) is 2.04. The van der Waals surface area contributed by atoms with Gasteiger partial charge in [-0.25, -0.2) is 8.42 Å². The Balaban J connectivity index is 2.02. The van der Waals surface area contributed by atoms with Gasteiger partial charge < -0.3 is 5.32 Å². The number of hydrogen-bond acceptors (Lipinski definition) is 3. The monoisotopic (exact) mass is 323 g/mol. The van der Waals surface area contributed by atoms with Gasteiger partial charge in [0, 0.05) is 23.9 Å². The maximum Gasteiger partial charge on any atom is 0.175 e. The van der Waals surface area contributed by atoms with Gasteiger partial charge in [0.1, 0.15) is 0 Å². The highest BCUT2D eigenvalue weighted by Gasteiger charge is 2.09. The highest BCUT2D eigenvalue weighted by Crippen LogP contribution is 2.17. The minimum Gasteiger partial charge on any atom is -0.306 e. The molecule has 1 N–H and O–H groups in total. The molecule has 0 saturated heterocycles. The quantitative estimate of drug-likeness (QED) is 0.914. The van der Waals surface area contributed by atoms with Gasteiger partial charge >= 0.3 is 0 Å². The molecule has 2 aromatic carbocycles. The molecule has 0 bridgehead atoms. The van der Waals surface area contributed by atoms with E-state index in [2.05, 4.69) is 5.32 Å². The molecule has 21 heavy (non-hydrogen) atoms. The van der Waals surface area contributed by atoms with Gasteiger partial charge in [-0.3, -0.25) is 0 Å². The first-order chi connectivity index (χ1) is 9.86. The van der Waals surface area contributed by atoms with Crippen LogP contribution in [0, 0.1) is 0 Å². The zero-order chi connectivity index (χ0) is 15.5. The molecule has 5 heteroatoms. The van der Waals surface area contributed by atoms with Crippen LogP contribution in [0.15, 0.2) is 53.4 Å². The van der Waals surface area contributed by atoms with E-state index in [1.54, 1.807) is 12.1 Å². The molecule has 0 aliphatic carbocycles. The van der Waals surface area contributed by atoms with Crippen molar-refractivity contribution >= 4 is 21.4 Å². The maximum absolute atomic E-state index is 11.4. The predicted molar refractivity (Wildman–Crippen MR) is 86.3 cm³/mol. The van der Waals surface area contributed by atoms with Crippen molar-refractivity contribution in [2.75, 3.05) is 6.26 Å². The summed E-state index contributed by atoms with van der Waals surface area (Å²) in [7, 11) is -3.14. The van der Waals surface area contributed by atoms with Gasteiger partial charge in [0.2, 0.25) is 0 Å². The van der Waals surface area contributed by atoms with Gasteiger partial charge in [0.15, 0.2) is 9.84 Å². The van der Waals surface area contributed by atoms with Gasteiger partial charge in [-0.1, -0.05) is 35.9 Å². The lowest BCUT2D eigenvalue weighted by atomic mass is 10.1. The summed E-state index contributed by atoms with van der Waals surface area (Å²) in [6.45, 7) is 2.75. The highest BCUT2D eigenvalue weighted by atomic mass is 35.5. The third-order valence-electron chi connectivity index (χ3n) is 3.31. The number of halogens is 1. The first-order valence-electron chi connectivity index (χ1n) is 6.64. The van der Waals surface area contributed by atoms with Crippen molar-refractivity contribution in [3.8, 4) is 0 Å². The summed E-state index contributed by atoms with van der Waals surface area (Å²) < 4.78 is 22.9. The second-order valence-electron chi connectivity index (χ2n) is 5.07. The first-order valence-corrected chi connectivity index (χ1v) is 8.91. The summed E-state index contributed by atoms with van der Waals surface area (Å²) >= 11 is 5.95. The molecule has 0 amide bonds. The van der Waals surface area contributed by atoms with E-state index in [0.717, 1.165) is 16.1 Å². The standard InChI is InChI=1S/C16H18ClNO2S/c1-12(18-11-13-4-3-5-15(17)10-13)14-6-8-16(9-7-14)21(2,19)20/h3-10,12,18H,11H2,1-2H3. The van der Waals surface area contributed by atoms with Crippen LogP contribution in [0.5, 0.6) is 0 Å². The van der Waals surface area contributed by atoms with Crippen LogP contribution in [0.1, 0.15) is 24.1 Å². The van der Waals surface area contributed by atoms with Gasteiger partial charge in [0.25, 0.3) is 0 Å². The largest absolute Gasteiger partial charge is 0.306 e. The summed E-state index contributed by atoms with van der Waals surface area (Å²) in [6, 6.07) is 14.8. The summed E-state index contributed by atoms with van der Waals surface area (Å²) in [5.41, 5.74) is 2.16. The summed E-state index contributed by atoms with van der Waals surface area (Å²) in [4.78, 5) is 0.341. The van der Waals surface area contributed by atoms with E-state index in [4.69, 9.17) is 11.6 Å². The van der Waals surface area contributed by atoms with Crippen molar-refractivity contribution in [3.63, 3.8) is 0 Å². The Hall–Kier alpha value is -1.36. The van der Waals surface area contributed by atoms with Crippen LogP contribution in [0.25, 0.3) is 0 Å². The van der Waals surface area contributed by atoms with Crippen molar-refractivity contribution in [2.45, 2.75) is 24.4 Å². The van der Waals surface area contributed by atoms with Gasteiger partial charge in [0.05, 0.1) is 4.90 Å². The Morgan fingerprint density at radius 1 is 1.14 bits per heavy atom. The molecule has 0 aromatic heterocycles. The van der Waals surface area contributed by atoms with Crippen LogP contribution >= 0.6 is 11.6 Å². The smallest absolute Gasteiger partial charge is 0.175 e. The third kappa shape index (κ3) is 4.56. The van der Waals surface area contributed by atoms with Crippen LogP contribution in [0.3, 0.4) is 0 Å². The van der Waals surface area contributed by atoms with E-state index in [1.807, 2.05) is 43.3 Å². The molecule has 112 valence electrons. The summed E-state index contributed by atoms with van der Waals surface area (Å²) in [5, 5.41) is 4.11. The average Bonchev–Trinajstić information content (AvgIpc) is 2.44. The van der Waals surface area contributed by atoms with E-state index in [0.29, 0.717) is 11.4 Å². The van der Waals surface area contributed by atoms with Crippen LogP contribution < -0.4 is 5.32 Å². The molecule has 1 unspecified atom stereocenters. The van der Waals surface area contributed by atoms with Gasteiger partial charge in [-0.15, -0.1) is 0 Å². The SMILES string of the molecule is CC(NCc1cccc(Cl)c1)c1ccc(S(C)(=O)=O)cc1. The molecule has 0 heterocycles. The lowest BCUT2D eigenvalue weighted by molar-refractivity contribution is 0.574. The number of rotatable bonds is 5. The average molecular weight is 324 g/mol. The number of hydrogen-bond donors (Lipinski definition) is 1.